The van der Waals surface area contributed by atoms with Gasteiger partial charge < -0.3 is 10.6 Å². The van der Waals surface area contributed by atoms with Crippen molar-refractivity contribution < 1.29 is 14.4 Å². The lowest BCUT2D eigenvalue weighted by Crippen LogP contribution is -2.46. The Labute approximate surface area is 165 Å². The van der Waals surface area contributed by atoms with Crippen molar-refractivity contribution in [3.8, 4) is 0 Å². The number of imide groups is 1. The molecule has 2 rings (SSSR count). The van der Waals surface area contributed by atoms with Crippen LogP contribution in [0.2, 0.25) is 0 Å². The van der Waals surface area contributed by atoms with Crippen molar-refractivity contribution >= 4 is 23.5 Å². The molecule has 1 atom stereocenters. The van der Waals surface area contributed by atoms with Crippen LogP contribution < -0.4 is 16.0 Å². The monoisotopic (exact) mass is 382 g/mol. The topological polar surface area (TPSA) is 90.5 Å². The van der Waals surface area contributed by atoms with Gasteiger partial charge in [0.15, 0.2) is 0 Å². The molecule has 0 radical (unpaired) electrons. The predicted octanol–water partition coefficient (Wildman–Crippen LogP) is 2.37. The van der Waals surface area contributed by atoms with E-state index in [1.165, 1.54) is 7.05 Å². The zero-order valence-corrected chi connectivity index (χ0v) is 16.6. The van der Waals surface area contributed by atoms with Gasteiger partial charge in [-0.25, -0.2) is 4.79 Å². The molecule has 7 nitrogen and oxygen atoms in total. The molecule has 0 aliphatic rings. The summed E-state index contributed by atoms with van der Waals surface area (Å²) in [6.07, 6.45) is 0. The maximum Gasteiger partial charge on any atom is 0.321 e. The van der Waals surface area contributed by atoms with Crippen LogP contribution in [-0.2, 0) is 9.59 Å². The first-order valence-corrected chi connectivity index (χ1v) is 8.97. The molecule has 4 amide bonds. The van der Waals surface area contributed by atoms with E-state index < -0.39 is 18.0 Å². The number of likely N-dealkylation sites (N-methyl/N-ethyl adjacent to an activating group) is 1. The molecule has 0 spiro atoms. The molecular formula is C21H26N4O3. The van der Waals surface area contributed by atoms with Crippen LogP contribution in [-0.4, -0.2) is 43.4 Å². The molecule has 2 aromatic rings. The summed E-state index contributed by atoms with van der Waals surface area (Å²) in [6.45, 7) is 3.90. The molecule has 2 aromatic carbocycles. The first-order chi connectivity index (χ1) is 13.3. The second kappa shape index (κ2) is 9.66. The Morgan fingerprint density at radius 3 is 2.32 bits per heavy atom. The summed E-state index contributed by atoms with van der Waals surface area (Å²) in [5.74, 6) is -0.752. The first-order valence-electron chi connectivity index (χ1n) is 8.97. The molecule has 7 heteroatoms. The zero-order valence-electron chi connectivity index (χ0n) is 16.6. The minimum Gasteiger partial charge on any atom is -0.341 e. The van der Waals surface area contributed by atoms with E-state index in [1.807, 2.05) is 38.1 Å². The van der Waals surface area contributed by atoms with Gasteiger partial charge in [0, 0.05) is 12.7 Å². The maximum atomic E-state index is 12.6. The molecule has 0 aliphatic heterocycles. The fraction of sp³-hybridized carbons (Fsp3) is 0.286. The third-order valence-electron chi connectivity index (χ3n) is 4.54. The van der Waals surface area contributed by atoms with Crippen LogP contribution in [0.15, 0.2) is 48.5 Å². The smallest absolute Gasteiger partial charge is 0.321 e. The molecule has 28 heavy (non-hydrogen) atoms. The van der Waals surface area contributed by atoms with Gasteiger partial charge in [-0.15, -0.1) is 0 Å². The van der Waals surface area contributed by atoms with Gasteiger partial charge in [0.05, 0.1) is 6.54 Å². The third kappa shape index (κ3) is 5.40. The summed E-state index contributed by atoms with van der Waals surface area (Å²) in [7, 11) is 3.10. The third-order valence-corrected chi connectivity index (χ3v) is 4.54. The van der Waals surface area contributed by atoms with E-state index in [-0.39, 0.29) is 12.5 Å². The molecule has 3 N–H and O–H groups in total. The molecule has 0 saturated carbocycles. The second-order valence-corrected chi connectivity index (χ2v) is 6.59. The number of carbonyl (C=O) groups is 3. The number of aryl methyl sites for hydroxylation is 1. The molecule has 0 heterocycles. The van der Waals surface area contributed by atoms with Crippen molar-refractivity contribution in [1.82, 2.24) is 15.5 Å². The Morgan fingerprint density at radius 2 is 1.68 bits per heavy atom. The van der Waals surface area contributed by atoms with Crippen LogP contribution >= 0.6 is 0 Å². The lowest BCUT2D eigenvalue weighted by molar-refractivity contribution is -0.126. The van der Waals surface area contributed by atoms with Gasteiger partial charge in [-0.3, -0.25) is 19.8 Å². The second-order valence-electron chi connectivity index (χ2n) is 6.59. The Balaban J connectivity index is 2.16. The lowest BCUT2D eigenvalue weighted by atomic mass is 10.0. The van der Waals surface area contributed by atoms with E-state index >= 15 is 0 Å². The van der Waals surface area contributed by atoms with E-state index in [9.17, 15) is 14.4 Å². The minimum absolute atomic E-state index is 0.0197. The number of hydrogen-bond donors (Lipinski definition) is 3. The average Bonchev–Trinajstić information content (AvgIpc) is 2.66. The van der Waals surface area contributed by atoms with Crippen LogP contribution in [0.5, 0.6) is 0 Å². The highest BCUT2D eigenvalue weighted by Crippen LogP contribution is 2.21. The highest BCUT2D eigenvalue weighted by molar-refractivity contribution is 5.98. The van der Waals surface area contributed by atoms with Crippen molar-refractivity contribution in [2.24, 2.45) is 0 Å². The fourth-order valence-electron chi connectivity index (χ4n) is 2.88. The van der Waals surface area contributed by atoms with Crippen molar-refractivity contribution in [2.45, 2.75) is 19.9 Å². The number of benzene rings is 2. The summed E-state index contributed by atoms with van der Waals surface area (Å²) in [6, 6.07) is 13.3. The van der Waals surface area contributed by atoms with Gasteiger partial charge in [0.25, 0.3) is 0 Å². The first kappa shape index (κ1) is 21.1. The number of urea groups is 1. The molecule has 0 unspecified atom stereocenters. The van der Waals surface area contributed by atoms with E-state index in [0.717, 1.165) is 16.8 Å². The number of amides is 4. The largest absolute Gasteiger partial charge is 0.341 e. The number of nitrogens with zero attached hydrogens (tertiary/aromatic N) is 1. The zero-order chi connectivity index (χ0) is 20.7. The standard InChI is InChI=1S/C21H26N4O3/c1-14-9-8-12-17(15(14)2)23-18(26)13-25(4)19(16-10-6-5-7-11-16)20(27)24-21(28)22-3/h5-12,19H,13H2,1-4H3,(H,23,26)(H2,22,24,27,28)/t19-/m1/s1. The van der Waals surface area contributed by atoms with Crippen molar-refractivity contribution in [3.63, 3.8) is 0 Å². The quantitative estimate of drug-likeness (QED) is 0.715. The van der Waals surface area contributed by atoms with Gasteiger partial charge in [-0.05, 0) is 43.7 Å². The summed E-state index contributed by atoms with van der Waals surface area (Å²) in [5, 5.41) is 7.53. The molecule has 0 saturated heterocycles. The lowest BCUT2D eigenvalue weighted by Gasteiger charge is -2.27. The number of carbonyl (C=O) groups excluding carboxylic acids is 3. The maximum absolute atomic E-state index is 12.6. The predicted molar refractivity (Wildman–Crippen MR) is 109 cm³/mol. The molecular weight excluding hydrogens is 356 g/mol. The SMILES string of the molecule is CNC(=O)NC(=O)[C@@H](c1ccccc1)N(C)CC(=O)Nc1cccc(C)c1C. The van der Waals surface area contributed by atoms with Crippen LogP contribution in [0.3, 0.4) is 0 Å². The summed E-state index contributed by atoms with van der Waals surface area (Å²) < 4.78 is 0. The minimum atomic E-state index is -0.789. The molecule has 0 aromatic heterocycles. The van der Waals surface area contributed by atoms with Crippen LogP contribution in [0.1, 0.15) is 22.7 Å². The van der Waals surface area contributed by atoms with Gasteiger partial charge in [0.1, 0.15) is 6.04 Å². The van der Waals surface area contributed by atoms with Gasteiger partial charge in [0.2, 0.25) is 11.8 Å². The van der Waals surface area contributed by atoms with Crippen molar-refractivity contribution in [3.05, 3.63) is 65.2 Å². The van der Waals surface area contributed by atoms with Gasteiger partial charge >= 0.3 is 6.03 Å². The Hall–Kier alpha value is -3.19. The van der Waals surface area contributed by atoms with E-state index in [1.54, 1.807) is 36.2 Å². The molecule has 0 bridgehead atoms. The van der Waals surface area contributed by atoms with Crippen LogP contribution in [0.4, 0.5) is 10.5 Å². The van der Waals surface area contributed by atoms with Gasteiger partial charge in [-0.2, -0.15) is 0 Å². The molecule has 0 fully saturated rings. The average molecular weight is 382 g/mol. The number of nitrogens with one attached hydrogen (secondary N) is 3. The molecule has 148 valence electrons. The summed E-state index contributed by atoms with van der Waals surface area (Å²) in [4.78, 5) is 38.4. The van der Waals surface area contributed by atoms with Crippen molar-refractivity contribution in [1.29, 1.82) is 0 Å². The number of anilines is 1. The normalized spacial score (nSPS) is 11.6. The van der Waals surface area contributed by atoms with Crippen LogP contribution in [0.25, 0.3) is 0 Å². The Kier molecular flexibility index (Phi) is 7.28. The van der Waals surface area contributed by atoms with E-state index in [4.69, 9.17) is 0 Å². The van der Waals surface area contributed by atoms with Crippen molar-refractivity contribution in [2.75, 3.05) is 26.0 Å². The Bertz CT molecular complexity index is 852. The summed E-state index contributed by atoms with van der Waals surface area (Å²) >= 11 is 0. The number of hydrogen-bond acceptors (Lipinski definition) is 4. The van der Waals surface area contributed by atoms with Gasteiger partial charge in [-0.1, -0.05) is 42.5 Å². The highest BCUT2D eigenvalue weighted by Gasteiger charge is 2.27. The van der Waals surface area contributed by atoms with E-state index in [2.05, 4.69) is 16.0 Å². The van der Waals surface area contributed by atoms with Crippen LogP contribution in [0, 0.1) is 13.8 Å². The summed E-state index contributed by atoms with van der Waals surface area (Å²) in [5.41, 5.74) is 3.50. The number of rotatable bonds is 6. The molecule has 0 aliphatic carbocycles. The van der Waals surface area contributed by atoms with E-state index in [0.29, 0.717) is 5.56 Å². The fourth-order valence-corrected chi connectivity index (χ4v) is 2.88. The Morgan fingerprint density at radius 1 is 1.00 bits per heavy atom. The highest BCUT2D eigenvalue weighted by atomic mass is 16.2.